The van der Waals surface area contributed by atoms with Crippen LogP contribution in [0.1, 0.15) is 38.2 Å². The SMILES string of the molecule is CC(C)C(O)C(=O)N1CCC(c2cn(C)c3ccc(NC=O)cc23)CC1. The number of aromatic nitrogens is 1. The average Bonchev–Trinajstić information content (AvgIpc) is 2.97. The zero-order valence-electron chi connectivity index (χ0n) is 15.6. The molecule has 6 nitrogen and oxygen atoms in total. The molecule has 0 bridgehead atoms. The molecular weight excluding hydrogens is 330 g/mol. The lowest BCUT2D eigenvalue weighted by molar-refractivity contribution is -0.143. The minimum absolute atomic E-state index is 0.0676. The largest absolute Gasteiger partial charge is 0.383 e. The molecule has 140 valence electrons. The molecule has 0 aliphatic carbocycles. The number of carbonyl (C=O) groups excluding carboxylic acids is 2. The first-order valence-corrected chi connectivity index (χ1v) is 9.18. The van der Waals surface area contributed by atoms with Crippen molar-refractivity contribution >= 4 is 28.9 Å². The number of rotatable bonds is 5. The molecule has 1 fully saturated rings. The average molecular weight is 357 g/mol. The molecule has 0 radical (unpaired) electrons. The molecule has 1 saturated heterocycles. The van der Waals surface area contributed by atoms with E-state index in [0.29, 0.717) is 25.4 Å². The monoisotopic (exact) mass is 357 g/mol. The highest BCUT2D eigenvalue weighted by Crippen LogP contribution is 2.35. The lowest BCUT2D eigenvalue weighted by Crippen LogP contribution is -2.45. The van der Waals surface area contributed by atoms with Crippen molar-refractivity contribution in [2.75, 3.05) is 18.4 Å². The van der Waals surface area contributed by atoms with Crippen molar-refractivity contribution in [1.29, 1.82) is 0 Å². The summed E-state index contributed by atoms with van der Waals surface area (Å²) in [5.74, 6) is 0.140. The van der Waals surface area contributed by atoms with Crippen LogP contribution in [-0.4, -0.2) is 46.1 Å². The fourth-order valence-corrected chi connectivity index (χ4v) is 3.79. The van der Waals surface area contributed by atoms with E-state index in [1.54, 1.807) is 4.90 Å². The standard InChI is InChI=1S/C20H27N3O3/c1-13(2)19(25)20(26)23-8-6-14(7-9-23)17-11-22(3)18-5-4-15(21-12-24)10-16(17)18/h4-5,10-14,19,25H,6-9H2,1-3H3,(H,21,24). The first-order valence-electron chi connectivity index (χ1n) is 9.18. The van der Waals surface area contributed by atoms with Crippen LogP contribution in [-0.2, 0) is 16.6 Å². The zero-order chi connectivity index (χ0) is 18.8. The second kappa shape index (κ2) is 7.50. The fourth-order valence-electron chi connectivity index (χ4n) is 3.79. The smallest absolute Gasteiger partial charge is 0.251 e. The molecule has 1 aromatic carbocycles. The summed E-state index contributed by atoms with van der Waals surface area (Å²) in [5, 5.41) is 13.9. The number of carbonyl (C=O) groups is 2. The Balaban J connectivity index is 1.78. The molecule has 1 unspecified atom stereocenters. The highest BCUT2D eigenvalue weighted by atomic mass is 16.3. The van der Waals surface area contributed by atoms with Crippen LogP contribution in [0.25, 0.3) is 10.9 Å². The van der Waals surface area contributed by atoms with Gasteiger partial charge in [0, 0.05) is 42.9 Å². The number of piperidine rings is 1. The second-order valence-corrected chi connectivity index (χ2v) is 7.48. The van der Waals surface area contributed by atoms with E-state index in [4.69, 9.17) is 0 Å². The number of hydrogen-bond acceptors (Lipinski definition) is 3. The van der Waals surface area contributed by atoms with Crippen molar-refractivity contribution in [3.8, 4) is 0 Å². The van der Waals surface area contributed by atoms with Crippen LogP contribution in [0.4, 0.5) is 5.69 Å². The number of aliphatic hydroxyl groups is 1. The predicted octanol–water partition coefficient (Wildman–Crippen LogP) is 2.47. The van der Waals surface area contributed by atoms with Gasteiger partial charge < -0.3 is 19.9 Å². The minimum Gasteiger partial charge on any atom is -0.383 e. The van der Waals surface area contributed by atoms with Crippen molar-refractivity contribution in [2.45, 2.75) is 38.7 Å². The maximum atomic E-state index is 12.3. The van der Waals surface area contributed by atoms with Crippen molar-refractivity contribution in [3.05, 3.63) is 30.0 Å². The van der Waals surface area contributed by atoms with Gasteiger partial charge in [-0.1, -0.05) is 13.8 Å². The summed E-state index contributed by atoms with van der Waals surface area (Å²) in [7, 11) is 2.02. The quantitative estimate of drug-likeness (QED) is 0.807. The van der Waals surface area contributed by atoms with Gasteiger partial charge in [-0.25, -0.2) is 0 Å². The number of hydrogen-bond donors (Lipinski definition) is 2. The van der Waals surface area contributed by atoms with Gasteiger partial charge in [0.2, 0.25) is 6.41 Å². The highest BCUT2D eigenvalue weighted by Gasteiger charge is 2.30. The fraction of sp³-hybridized carbons (Fsp3) is 0.500. The van der Waals surface area contributed by atoms with E-state index < -0.39 is 6.10 Å². The molecule has 26 heavy (non-hydrogen) atoms. The van der Waals surface area contributed by atoms with E-state index in [9.17, 15) is 14.7 Å². The summed E-state index contributed by atoms with van der Waals surface area (Å²) >= 11 is 0. The van der Waals surface area contributed by atoms with Gasteiger partial charge in [0.1, 0.15) is 6.10 Å². The molecule has 2 heterocycles. The van der Waals surface area contributed by atoms with Crippen molar-refractivity contribution in [1.82, 2.24) is 9.47 Å². The van der Waals surface area contributed by atoms with Crippen LogP contribution < -0.4 is 5.32 Å². The summed E-state index contributed by atoms with van der Waals surface area (Å²) < 4.78 is 2.11. The summed E-state index contributed by atoms with van der Waals surface area (Å²) in [6.45, 7) is 5.04. The lowest BCUT2D eigenvalue weighted by Gasteiger charge is -2.34. The van der Waals surface area contributed by atoms with Crippen LogP contribution in [0, 0.1) is 5.92 Å². The first-order chi connectivity index (χ1) is 12.4. The topological polar surface area (TPSA) is 74.6 Å². The number of nitrogens with zero attached hydrogens (tertiary/aromatic N) is 2. The number of amides is 2. The molecule has 0 spiro atoms. The Bertz CT molecular complexity index is 804. The number of fused-ring (bicyclic) bond motifs is 1. The van der Waals surface area contributed by atoms with Gasteiger partial charge in [-0.05, 0) is 48.4 Å². The van der Waals surface area contributed by atoms with Gasteiger partial charge in [0.05, 0.1) is 0 Å². The predicted molar refractivity (Wildman–Crippen MR) is 102 cm³/mol. The van der Waals surface area contributed by atoms with E-state index in [2.05, 4.69) is 16.1 Å². The molecule has 2 aromatic rings. The number of aliphatic hydroxyl groups excluding tert-OH is 1. The molecule has 1 aliphatic rings. The van der Waals surface area contributed by atoms with E-state index in [0.717, 1.165) is 29.4 Å². The number of aryl methyl sites for hydroxylation is 1. The highest BCUT2D eigenvalue weighted by molar-refractivity contribution is 5.89. The molecule has 1 aliphatic heterocycles. The van der Waals surface area contributed by atoms with Crippen LogP contribution >= 0.6 is 0 Å². The summed E-state index contributed by atoms with van der Waals surface area (Å²) in [4.78, 5) is 24.9. The van der Waals surface area contributed by atoms with E-state index in [-0.39, 0.29) is 11.8 Å². The van der Waals surface area contributed by atoms with Gasteiger partial charge in [0.25, 0.3) is 5.91 Å². The van der Waals surface area contributed by atoms with Crippen LogP contribution in [0.15, 0.2) is 24.4 Å². The van der Waals surface area contributed by atoms with Crippen LogP contribution in [0.2, 0.25) is 0 Å². The molecule has 1 aromatic heterocycles. The van der Waals surface area contributed by atoms with Gasteiger partial charge in [0.15, 0.2) is 0 Å². The van der Waals surface area contributed by atoms with Crippen molar-refractivity contribution in [3.63, 3.8) is 0 Å². The lowest BCUT2D eigenvalue weighted by atomic mass is 9.88. The van der Waals surface area contributed by atoms with Crippen LogP contribution in [0.3, 0.4) is 0 Å². The first kappa shape index (κ1) is 18.5. The molecule has 0 saturated carbocycles. The van der Waals surface area contributed by atoms with Crippen LogP contribution in [0.5, 0.6) is 0 Å². The minimum atomic E-state index is -0.916. The van der Waals surface area contributed by atoms with Gasteiger partial charge in [-0.2, -0.15) is 0 Å². The normalized spacial score (nSPS) is 16.9. The number of anilines is 1. The van der Waals surface area contributed by atoms with Gasteiger partial charge in [-0.3, -0.25) is 9.59 Å². The number of likely N-dealkylation sites (tertiary alicyclic amines) is 1. The Labute approximate surface area is 153 Å². The Morgan fingerprint density at radius 1 is 1.31 bits per heavy atom. The third-order valence-electron chi connectivity index (χ3n) is 5.38. The molecular formula is C20H27N3O3. The maximum absolute atomic E-state index is 12.3. The maximum Gasteiger partial charge on any atom is 0.251 e. The van der Waals surface area contributed by atoms with Gasteiger partial charge in [-0.15, -0.1) is 0 Å². The molecule has 2 amide bonds. The van der Waals surface area contributed by atoms with E-state index >= 15 is 0 Å². The van der Waals surface area contributed by atoms with E-state index in [1.807, 2.05) is 39.1 Å². The summed E-state index contributed by atoms with van der Waals surface area (Å²) in [5.41, 5.74) is 3.17. The zero-order valence-corrected chi connectivity index (χ0v) is 15.6. The Kier molecular flexibility index (Phi) is 5.32. The van der Waals surface area contributed by atoms with Crippen molar-refractivity contribution in [2.24, 2.45) is 13.0 Å². The Morgan fingerprint density at radius 2 is 2.00 bits per heavy atom. The Hall–Kier alpha value is -2.34. The Morgan fingerprint density at radius 3 is 2.62 bits per heavy atom. The third kappa shape index (κ3) is 3.46. The molecule has 3 rings (SSSR count). The van der Waals surface area contributed by atoms with Crippen molar-refractivity contribution < 1.29 is 14.7 Å². The molecule has 1 atom stereocenters. The molecule has 6 heteroatoms. The van der Waals surface area contributed by atoms with E-state index in [1.165, 1.54) is 5.56 Å². The summed E-state index contributed by atoms with van der Waals surface area (Å²) in [6, 6.07) is 5.93. The third-order valence-corrected chi connectivity index (χ3v) is 5.38. The number of nitrogens with one attached hydrogen (secondary N) is 1. The second-order valence-electron chi connectivity index (χ2n) is 7.48. The number of benzene rings is 1. The van der Waals surface area contributed by atoms with Gasteiger partial charge >= 0.3 is 0 Å². The summed E-state index contributed by atoms with van der Waals surface area (Å²) in [6.07, 6.45) is 3.68. The molecule has 2 N–H and O–H groups in total.